The first-order valence-corrected chi connectivity index (χ1v) is 11.1. The number of aromatic nitrogens is 1. The summed E-state index contributed by atoms with van der Waals surface area (Å²) in [6.45, 7) is 0.470. The minimum atomic E-state index is -1.65. The summed E-state index contributed by atoms with van der Waals surface area (Å²) in [6.07, 6.45) is 0.218. The number of pyridine rings is 1. The molecule has 9 heteroatoms. The normalized spacial score (nSPS) is 17.1. The van der Waals surface area contributed by atoms with Crippen LogP contribution < -0.4 is 5.32 Å². The van der Waals surface area contributed by atoms with Gasteiger partial charge in [0.2, 0.25) is 5.60 Å². The highest BCUT2D eigenvalue weighted by molar-refractivity contribution is 6.41. The maximum atomic E-state index is 12.9. The smallest absolute Gasteiger partial charge is 0.426 e. The predicted molar refractivity (Wildman–Crippen MR) is 129 cm³/mol. The van der Waals surface area contributed by atoms with Gasteiger partial charge >= 0.3 is 7.12 Å². The third kappa shape index (κ3) is 6.08. The molecule has 34 heavy (non-hydrogen) atoms. The molecule has 0 radical (unpaired) electrons. The van der Waals surface area contributed by atoms with Gasteiger partial charge in [0.15, 0.2) is 0 Å². The van der Waals surface area contributed by atoms with E-state index in [1.54, 1.807) is 0 Å². The Morgan fingerprint density at radius 2 is 1.74 bits per heavy atom. The van der Waals surface area contributed by atoms with E-state index in [9.17, 15) is 4.79 Å². The van der Waals surface area contributed by atoms with E-state index in [1.807, 2.05) is 78.9 Å². The minimum absolute atomic E-state index is 0.184. The first kappa shape index (κ1) is 23.6. The van der Waals surface area contributed by atoms with Crippen LogP contribution in [0.15, 0.2) is 84.0 Å². The van der Waals surface area contributed by atoms with Crippen molar-refractivity contribution in [1.82, 2.24) is 10.3 Å². The minimum Gasteiger partial charge on any atom is -0.426 e. The molecule has 1 aliphatic rings. The summed E-state index contributed by atoms with van der Waals surface area (Å²) in [5.41, 5.74) is 2.90. The first-order valence-electron chi connectivity index (χ1n) is 11.1. The Bertz CT molecular complexity index is 1130. The van der Waals surface area contributed by atoms with Crippen molar-refractivity contribution >= 4 is 18.7 Å². The fourth-order valence-corrected chi connectivity index (χ4v) is 3.79. The van der Waals surface area contributed by atoms with Crippen LogP contribution in [0.1, 0.15) is 17.7 Å². The van der Waals surface area contributed by atoms with E-state index in [1.165, 1.54) is 0 Å². The van der Waals surface area contributed by atoms with Gasteiger partial charge in [-0.25, -0.2) is 0 Å². The van der Waals surface area contributed by atoms with Gasteiger partial charge in [-0.1, -0.05) is 71.9 Å². The van der Waals surface area contributed by atoms with Crippen molar-refractivity contribution in [3.63, 3.8) is 0 Å². The lowest BCUT2D eigenvalue weighted by atomic mass is 9.87. The summed E-state index contributed by atoms with van der Waals surface area (Å²) in [5, 5.41) is 24.9. The average molecular weight is 459 g/mol. The van der Waals surface area contributed by atoms with Crippen LogP contribution in [0.5, 0.6) is 0 Å². The molecule has 1 aromatic heterocycles. The maximum absolute atomic E-state index is 12.9. The lowest BCUT2D eigenvalue weighted by molar-refractivity contribution is -0.143. The molecule has 2 aromatic carbocycles. The molecule has 3 N–H and O–H groups in total. The van der Waals surface area contributed by atoms with Gasteiger partial charge in [-0.3, -0.25) is 9.78 Å². The van der Waals surface area contributed by atoms with Gasteiger partial charge in [0.25, 0.3) is 5.91 Å². The fourth-order valence-electron chi connectivity index (χ4n) is 3.79. The van der Waals surface area contributed by atoms with E-state index >= 15 is 0 Å². The zero-order valence-electron chi connectivity index (χ0n) is 18.6. The molecule has 4 rings (SSSR count). The molecule has 0 fully saturated rings. The molecule has 0 spiro atoms. The number of amides is 1. The summed E-state index contributed by atoms with van der Waals surface area (Å²) in [5.74, 6) is -0.458. The molecule has 1 atom stereocenters. The average Bonchev–Trinajstić information content (AvgIpc) is 3.27. The second-order valence-corrected chi connectivity index (χ2v) is 8.15. The Morgan fingerprint density at radius 3 is 2.47 bits per heavy atom. The number of oxime groups is 1. The monoisotopic (exact) mass is 459 g/mol. The molecule has 174 valence electrons. The van der Waals surface area contributed by atoms with Crippen LogP contribution in [-0.4, -0.2) is 52.4 Å². The number of carbonyl (C=O) groups is 1. The van der Waals surface area contributed by atoms with Crippen LogP contribution in [-0.2, 0) is 27.4 Å². The Balaban J connectivity index is 1.37. The SMILES string of the molecule is O=C(NCB(O)O)C1(Cc2ccccc2)CC(COCc2cccc(-c3ccccc3)n2)=NO1. The molecule has 0 saturated heterocycles. The highest BCUT2D eigenvalue weighted by Gasteiger charge is 2.46. The molecule has 0 bridgehead atoms. The molecule has 8 nitrogen and oxygen atoms in total. The van der Waals surface area contributed by atoms with Crippen molar-refractivity contribution in [2.24, 2.45) is 5.16 Å². The van der Waals surface area contributed by atoms with Crippen molar-refractivity contribution in [2.75, 3.05) is 13.1 Å². The van der Waals surface area contributed by atoms with Crippen molar-refractivity contribution in [3.8, 4) is 11.3 Å². The predicted octanol–water partition coefficient (Wildman–Crippen LogP) is 2.15. The lowest BCUT2D eigenvalue weighted by Crippen LogP contribution is -2.51. The third-order valence-electron chi connectivity index (χ3n) is 5.43. The van der Waals surface area contributed by atoms with E-state index in [2.05, 4.69) is 15.5 Å². The number of carbonyl (C=O) groups excluding carboxylic acids is 1. The van der Waals surface area contributed by atoms with Crippen LogP contribution in [0.3, 0.4) is 0 Å². The Kier molecular flexibility index (Phi) is 7.69. The van der Waals surface area contributed by atoms with E-state index in [0.717, 1.165) is 22.5 Å². The molecule has 0 aliphatic carbocycles. The van der Waals surface area contributed by atoms with Crippen LogP contribution in [0.2, 0.25) is 0 Å². The number of ether oxygens (including phenoxy) is 1. The Morgan fingerprint density at radius 1 is 1.00 bits per heavy atom. The highest BCUT2D eigenvalue weighted by atomic mass is 16.7. The molecule has 1 aliphatic heterocycles. The number of benzene rings is 2. The standard InChI is InChI=1S/C25H26BN3O5/c30-24(27-18-26(31)32)25(14-19-8-3-1-4-9-19)15-22(29-34-25)17-33-16-21-12-7-13-23(28-21)20-10-5-2-6-11-20/h1-13,31-32H,14-18H2,(H,27,30). The van der Waals surface area contributed by atoms with Crippen LogP contribution >= 0.6 is 0 Å². The van der Waals surface area contributed by atoms with E-state index in [0.29, 0.717) is 5.71 Å². The van der Waals surface area contributed by atoms with Crippen molar-refractivity contribution in [1.29, 1.82) is 0 Å². The van der Waals surface area contributed by atoms with Gasteiger partial charge < -0.3 is 24.9 Å². The summed E-state index contributed by atoms with van der Waals surface area (Å²) >= 11 is 0. The van der Waals surface area contributed by atoms with Crippen LogP contribution in [0.25, 0.3) is 11.3 Å². The number of rotatable bonds is 10. The van der Waals surface area contributed by atoms with Crippen molar-refractivity contribution < 1.29 is 24.4 Å². The third-order valence-corrected chi connectivity index (χ3v) is 5.43. The summed E-state index contributed by atoms with van der Waals surface area (Å²) < 4.78 is 5.83. The molecule has 1 amide bonds. The second-order valence-electron chi connectivity index (χ2n) is 8.15. The highest BCUT2D eigenvalue weighted by Crippen LogP contribution is 2.29. The first-order chi connectivity index (χ1) is 16.5. The van der Waals surface area contributed by atoms with Gasteiger partial charge in [0.05, 0.1) is 36.8 Å². The molecular weight excluding hydrogens is 433 g/mol. The van der Waals surface area contributed by atoms with Crippen LogP contribution in [0, 0.1) is 0 Å². The fraction of sp³-hybridized carbons (Fsp3) is 0.240. The van der Waals surface area contributed by atoms with Gasteiger partial charge in [-0.2, -0.15) is 0 Å². The van der Waals surface area contributed by atoms with E-state index < -0.39 is 18.6 Å². The zero-order chi connectivity index (χ0) is 23.8. The number of nitrogens with one attached hydrogen (secondary N) is 1. The van der Waals surface area contributed by atoms with Gasteiger partial charge in [0, 0.05) is 18.4 Å². The summed E-state index contributed by atoms with van der Waals surface area (Å²) in [7, 11) is -1.65. The Hall–Kier alpha value is -3.53. The van der Waals surface area contributed by atoms with Crippen molar-refractivity contribution in [3.05, 3.63) is 90.1 Å². The van der Waals surface area contributed by atoms with Gasteiger partial charge in [-0.05, 0) is 17.7 Å². The molecule has 3 aromatic rings. The molecule has 1 unspecified atom stereocenters. The Labute approximate surface area is 198 Å². The van der Waals surface area contributed by atoms with E-state index in [-0.39, 0.29) is 32.5 Å². The second kappa shape index (κ2) is 11.1. The van der Waals surface area contributed by atoms with Gasteiger partial charge in [-0.15, -0.1) is 0 Å². The van der Waals surface area contributed by atoms with Gasteiger partial charge in [0.1, 0.15) is 0 Å². The van der Waals surface area contributed by atoms with Crippen LogP contribution in [0.4, 0.5) is 0 Å². The molecule has 2 heterocycles. The number of hydrogen-bond acceptors (Lipinski definition) is 7. The van der Waals surface area contributed by atoms with E-state index in [4.69, 9.17) is 19.6 Å². The largest absolute Gasteiger partial charge is 0.472 e. The zero-order valence-corrected chi connectivity index (χ0v) is 18.6. The number of hydrogen-bond donors (Lipinski definition) is 3. The maximum Gasteiger partial charge on any atom is 0.472 e. The summed E-state index contributed by atoms with van der Waals surface area (Å²) in [4.78, 5) is 23.2. The van der Waals surface area contributed by atoms with Crippen molar-refractivity contribution in [2.45, 2.75) is 25.0 Å². The molecular formula is C25H26BN3O5. The topological polar surface area (TPSA) is 113 Å². The quantitative estimate of drug-likeness (QED) is 0.401. The lowest BCUT2D eigenvalue weighted by Gasteiger charge is -2.25. The molecule has 0 saturated carbocycles. The number of nitrogens with zero attached hydrogens (tertiary/aromatic N) is 2. The summed E-state index contributed by atoms with van der Waals surface area (Å²) in [6, 6.07) is 25.2.